The minimum atomic E-state index is -0.733. The number of carbonyl (C=O) groups is 2. The third kappa shape index (κ3) is 3.68. The van der Waals surface area contributed by atoms with E-state index in [9.17, 15) is 9.59 Å². The zero-order valence-electron chi connectivity index (χ0n) is 11.3. The van der Waals surface area contributed by atoms with Crippen molar-refractivity contribution in [3.63, 3.8) is 0 Å². The first-order chi connectivity index (χ1) is 8.38. The number of hydrogen-bond donors (Lipinski definition) is 3. The van der Waals surface area contributed by atoms with Gasteiger partial charge < -0.3 is 21.1 Å². The number of primary amides is 1. The van der Waals surface area contributed by atoms with Crippen LogP contribution in [0.5, 0.6) is 0 Å². The second-order valence-corrected chi connectivity index (χ2v) is 5.27. The zero-order valence-corrected chi connectivity index (χ0v) is 11.3. The molecule has 104 valence electrons. The molecule has 0 bridgehead atoms. The summed E-state index contributed by atoms with van der Waals surface area (Å²) in [6.07, 6.45) is 0. The summed E-state index contributed by atoms with van der Waals surface area (Å²) < 4.78 is 5.31. The summed E-state index contributed by atoms with van der Waals surface area (Å²) in [4.78, 5) is 23.2. The van der Waals surface area contributed by atoms with E-state index in [0.717, 1.165) is 6.54 Å². The van der Waals surface area contributed by atoms with Crippen LogP contribution in [0.3, 0.4) is 0 Å². The van der Waals surface area contributed by atoms with E-state index in [-0.39, 0.29) is 24.4 Å². The number of rotatable bonds is 6. The maximum atomic E-state index is 12.0. The molecule has 0 aliphatic carbocycles. The monoisotopic (exact) mass is 257 g/mol. The van der Waals surface area contributed by atoms with Gasteiger partial charge in [0.15, 0.2) is 0 Å². The zero-order chi connectivity index (χ0) is 13.8. The highest BCUT2D eigenvalue weighted by atomic mass is 16.5. The first-order valence-corrected chi connectivity index (χ1v) is 6.27. The lowest BCUT2D eigenvalue weighted by Crippen LogP contribution is -2.48. The second kappa shape index (κ2) is 6.15. The fourth-order valence-corrected chi connectivity index (χ4v) is 1.80. The van der Waals surface area contributed by atoms with Crippen LogP contribution in [0.4, 0.5) is 0 Å². The summed E-state index contributed by atoms with van der Waals surface area (Å²) in [5.74, 6) is -0.713. The normalized spacial score (nSPS) is 23.9. The summed E-state index contributed by atoms with van der Waals surface area (Å²) >= 11 is 0. The molecule has 1 saturated heterocycles. The quantitative estimate of drug-likeness (QED) is 0.583. The fourth-order valence-electron chi connectivity index (χ4n) is 1.80. The molecular formula is C12H23N3O3. The molecule has 1 aliphatic rings. The number of carbonyl (C=O) groups excluding carboxylic acids is 2. The highest BCUT2D eigenvalue weighted by Crippen LogP contribution is 2.16. The van der Waals surface area contributed by atoms with Crippen molar-refractivity contribution in [3.8, 4) is 0 Å². The average molecular weight is 257 g/mol. The number of nitrogens with one attached hydrogen (secondary N) is 2. The van der Waals surface area contributed by atoms with Crippen LogP contribution in [-0.4, -0.2) is 44.2 Å². The van der Waals surface area contributed by atoms with Gasteiger partial charge in [0.2, 0.25) is 11.8 Å². The Morgan fingerprint density at radius 2 is 2.06 bits per heavy atom. The van der Waals surface area contributed by atoms with E-state index in [1.165, 1.54) is 0 Å². The third-order valence-electron chi connectivity index (χ3n) is 3.26. The van der Waals surface area contributed by atoms with Crippen LogP contribution in [0.15, 0.2) is 0 Å². The van der Waals surface area contributed by atoms with Gasteiger partial charge in [-0.15, -0.1) is 0 Å². The maximum Gasteiger partial charge on any atom is 0.227 e. The summed E-state index contributed by atoms with van der Waals surface area (Å²) in [6, 6.07) is 0.0479. The van der Waals surface area contributed by atoms with Crippen LogP contribution < -0.4 is 16.4 Å². The van der Waals surface area contributed by atoms with Crippen LogP contribution in [0.2, 0.25) is 0 Å². The lowest BCUT2D eigenvalue weighted by molar-refractivity contribution is -0.128. The van der Waals surface area contributed by atoms with Crippen LogP contribution in [0.1, 0.15) is 20.8 Å². The third-order valence-corrected chi connectivity index (χ3v) is 3.26. The van der Waals surface area contributed by atoms with E-state index in [0.29, 0.717) is 13.2 Å². The topological polar surface area (TPSA) is 93.4 Å². The van der Waals surface area contributed by atoms with Crippen LogP contribution >= 0.6 is 0 Å². The van der Waals surface area contributed by atoms with Crippen molar-refractivity contribution < 1.29 is 14.3 Å². The van der Waals surface area contributed by atoms with Crippen LogP contribution in [0, 0.1) is 11.3 Å². The Kier molecular flexibility index (Phi) is 5.10. The van der Waals surface area contributed by atoms with Gasteiger partial charge in [-0.1, -0.05) is 6.92 Å². The SMILES string of the molecule is CCNC1COCC1C(=O)NCC(C)(C)C(N)=O. The maximum absolute atomic E-state index is 12.0. The van der Waals surface area contributed by atoms with Crippen molar-refractivity contribution in [2.45, 2.75) is 26.8 Å². The lowest BCUT2D eigenvalue weighted by Gasteiger charge is -2.23. The molecule has 1 heterocycles. The lowest BCUT2D eigenvalue weighted by atomic mass is 9.92. The van der Waals surface area contributed by atoms with Gasteiger partial charge in [0.05, 0.1) is 24.5 Å². The first-order valence-electron chi connectivity index (χ1n) is 6.27. The minimum Gasteiger partial charge on any atom is -0.379 e. The van der Waals surface area contributed by atoms with Crippen molar-refractivity contribution >= 4 is 11.8 Å². The highest BCUT2D eigenvalue weighted by Gasteiger charge is 2.34. The molecule has 0 spiro atoms. The van der Waals surface area contributed by atoms with Crippen molar-refractivity contribution in [1.82, 2.24) is 10.6 Å². The van der Waals surface area contributed by atoms with E-state index in [2.05, 4.69) is 10.6 Å². The van der Waals surface area contributed by atoms with Gasteiger partial charge in [0.25, 0.3) is 0 Å². The number of nitrogens with two attached hydrogens (primary N) is 1. The van der Waals surface area contributed by atoms with Gasteiger partial charge in [-0.2, -0.15) is 0 Å². The van der Waals surface area contributed by atoms with Crippen LogP contribution in [-0.2, 0) is 14.3 Å². The molecule has 0 radical (unpaired) electrons. The number of likely N-dealkylation sites (N-methyl/N-ethyl adjacent to an activating group) is 1. The number of ether oxygens (including phenoxy) is 1. The van der Waals surface area contributed by atoms with E-state index in [1.54, 1.807) is 13.8 Å². The second-order valence-electron chi connectivity index (χ2n) is 5.27. The molecular weight excluding hydrogens is 234 g/mol. The van der Waals surface area contributed by atoms with Gasteiger partial charge in [-0.3, -0.25) is 9.59 Å². The molecule has 18 heavy (non-hydrogen) atoms. The Morgan fingerprint density at radius 3 is 2.61 bits per heavy atom. The number of hydrogen-bond acceptors (Lipinski definition) is 4. The van der Waals surface area contributed by atoms with E-state index in [4.69, 9.17) is 10.5 Å². The summed E-state index contributed by atoms with van der Waals surface area (Å²) in [7, 11) is 0. The Balaban J connectivity index is 2.48. The summed E-state index contributed by atoms with van der Waals surface area (Å²) in [6.45, 7) is 7.42. The molecule has 2 atom stereocenters. The molecule has 2 amide bonds. The predicted molar refractivity (Wildman–Crippen MR) is 67.8 cm³/mol. The Bertz CT molecular complexity index is 318. The molecule has 1 aliphatic heterocycles. The largest absolute Gasteiger partial charge is 0.379 e. The fraction of sp³-hybridized carbons (Fsp3) is 0.833. The van der Waals surface area contributed by atoms with Gasteiger partial charge in [-0.25, -0.2) is 0 Å². The van der Waals surface area contributed by atoms with Gasteiger partial charge >= 0.3 is 0 Å². The van der Waals surface area contributed by atoms with Crippen LogP contribution in [0.25, 0.3) is 0 Å². The number of amides is 2. The van der Waals surface area contributed by atoms with Crippen molar-refractivity contribution in [1.29, 1.82) is 0 Å². The predicted octanol–water partition coefficient (Wildman–Crippen LogP) is -0.761. The molecule has 1 rings (SSSR count). The molecule has 0 saturated carbocycles. The Hall–Kier alpha value is -1.14. The van der Waals surface area contributed by atoms with Crippen molar-refractivity contribution in [2.24, 2.45) is 17.1 Å². The van der Waals surface area contributed by atoms with Gasteiger partial charge in [0.1, 0.15) is 0 Å². The van der Waals surface area contributed by atoms with Gasteiger partial charge in [-0.05, 0) is 20.4 Å². The molecule has 0 aromatic heterocycles. The van der Waals surface area contributed by atoms with Gasteiger partial charge in [0, 0.05) is 12.6 Å². The van der Waals surface area contributed by atoms with Crippen molar-refractivity contribution in [2.75, 3.05) is 26.3 Å². The average Bonchev–Trinajstić information content (AvgIpc) is 2.74. The molecule has 0 aromatic carbocycles. The first kappa shape index (κ1) is 14.9. The van der Waals surface area contributed by atoms with E-state index < -0.39 is 11.3 Å². The molecule has 6 heteroatoms. The van der Waals surface area contributed by atoms with E-state index in [1.807, 2.05) is 6.92 Å². The highest BCUT2D eigenvalue weighted by molar-refractivity contribution is 5.83. The molecule has 1 fully saturated rings. The Morgan fingerprint density at radius 1 is 1.39 bits per heavy atom. The smallest absolute Gasteiger partial charge is 0.227 e. The Labute approximate surface area is 108 Å². The molecule has 4 N–H and O–H groups in total. The minimum absolute atomic E-state index is 0.0479. The van der Waals surface area contributed by atoms with Crippen molar-refractivity contribution in [3.05, 3.63) is 0 Å². The van der Waals surface area contributed by atoms with E-state index >= 15 is 0 Å². The molecule has 0 aromatic rings. The summed E-state index contributed by atoms with van der Waals surface area (Å²) in [5, 5.41) is 5.99. The molecule has 2 unspecified atom stereocenters. The summed E-state index contributed by atoms with van der Waals surface area (Å²) in [5.41, 5.74) is 4.52. The molecule has 6 nitrogen and oxygen atoms in total. The standard InChI is InChI=1S/C12H23N3O3/c1-4-14-9-6-18-5-8(9)10(16)15-7-12(2,3)11(13)17/h8-9,14H,4-7H2,1-3H3,(H2,13,17)(H,15,16).